The molecule has 0 N–H and O–H groups in total. The molecule has 0 saturated carbocycles. The van der Waals surface area contributed by atoms with Gasteiger partial charge < -0.3 is 0 Å². The molecule has 3 nitrogen and oxygen atoms in total. The highest BCUT2D eigenvalue weighted by atomic mass is 32.1. The third kappa shape index (κ3) is 1.91. The zero-order valence-electron chi connectivity index (χ0n) is 9.66. The number of thiazole rings is 1. The molecule has 5 heteroatoms. The highest BCUT2D eigenvalue weighted by Gasteiger charge is 2.09. The lowest BCUT2D eigenvalue weighted by molar-refractivity contribution is 0.111. The number of hydrogen-bond donors (Lipinski definition) is 0. The molecule has 0 spiro atoms. The van der Waals surface area contributed by atoms with Gasteiger partial charge >= 0.3 is 0 Å². The van der Waals surface area contributed by atoms with Crippen molar-refractivity contribution in [1.82, 2.24) is 9.55 Å². The molecule has 0 radical (unpaired) electrons. The van der Waals surface area contributed by atoms with E-state index in [1.54, 1.807) is 28.7 Å². The van der Waals surface area contributed by atoms with Gasteiger partial charge in [-0.2, -0.15) is 0 Å². The Balaban J connectivity index is 2.01. The van der Waals surface area contributed by atoms with Crippen molar-refractivity contribution in [2.75, 3.05) is 0 Å². The van der Waals surface area contributed by atoms with Gasteiger partial charge in [0.25, 0.3) is 0 Å². The molecule has 0 aliphatic carbocycles. The summed E-state index contributed by atoms with van der Waals surface area (Å²) in [6.07, 6.45) is 2.70. The van der Waals surface area contributed by atoms with Crippen LogP contribution in [0.5, 0.6) is 0 Å². The van der Waals surface area contributed by atoms with Gasteiger partial charge in [-0.1, -0.05) is 0 Å². The second-order valence-electron chi connectivity index (χ2n) is 3.85. The van der Waals surface area contributed by atoms with E-state index in [1.165, 1.54) is 4.88 Å². The smallest absolute Gasteiger partial charge is 0.194 e. The minimum Gasteiger partial charge on any atom is -0.296 e. The van der Waals surface area contributed by atoms with E-state index in [0.717, 1.165) is 22.0 Å². The number of aldehydes is 1. The number of rotatable bonds is 3. The molecule has 0 aliphatic rings. The summed E-state index contributed by atoms with van der Waals surface area (Å²) >= 11 is 3.27. The maximum absolute atomic E-state index is 10.9. The largest absolute Gasteiger partial charge is 0.296 e. The highest BCUT2D eigenvalue weighted by Crippen LogP contribution is 2.30. The number of hydrogen-bond acceptors (Lipinski definition) is 4. The standard InChI is InChI=1S/C13H10N2OS2/c1-9-4-5-12(18-9)11-8-17-13(14-11)15-6-2-3-10(15)7-16/h2-8H,1H3. The molecule has 0 saturated heterocycles. The lowest BCUT2D eigenvalue weighted by Gasteiger charge is -1.98. The molecule has 18 heavy (non-hydrogen) atoms. The Hall–Kier alpha value is -1.72. The van der Waals surface area contributed by atoms with Gasteiger partial charge in [0, 0.05) is 16.5 Å². The lowest BCUT2D eigenvalue weighted by Crippen LogP contribution is -1.96. The predicted octanol–water partition coefficient (Wildman–Crippen LogP) is 3.78. The fourth-order valence-corrected chi connectivity index (χ4v) is 3.45. The Labute approximate surface area is 112 Å². The maximum Gasteiger partial charge on any atom is 0.194 e. The minimum absolute atomic E-state index is 0.623. The van der Waals surface area contributed by atoms with E-state index in [1.807, 2.05) is 22.2 Å². The molecule has 90 valence electrons. The van der Waals surface area contributed by atoms with E-state index < -0.39 is 0 Å². The Morgan fingerprint density at radius 1 is 1.33 bits per heavy atom. The number of aryl methyl sites for hydroxylation is 1. The van der Waals surface area contributed by atoms with Crippen LogP contribution in [0, 0.1) is 6.92 Å². The van der Waals surface area contributed by atoms with E-state index in [2.05, 4.69) is 24.0 Å². The second kappa shape index (κ2) is 4.51. The summed E-state index contributed by atoms with van der Waals surface area (Å²) < 4.78 is 1.81. The van der Waals surface area contributed by atoms with Gasteiger partial charge in [0.2, 0.25) is 0 Å². The summed E-state index contributed by atoms with van der Waals surface area (Å²) in [5, 5.41) is 2.85. The molecule has 0 unspecified atom stereocenters. The van der Waals surface area contributed by atoms with Crippen LogP contribution in [0.2, 0.25) is 0 Å². The first-order chi connectivity index (χ1) is 8.78. The predicted molar refractivity (Wildman–Crippen MR) is 74.9 cm³/mol. The van der Waals surface area contributed by atoms with Gasteiger partial charge in [-0.05, 0) is 31.2 Å². The van der Waals surface area contributed by atoms with Crippen molar-refractivity contribution in [3.8, 4) is 15.7 Å². The van der Waals surface area contributed by atoms with Crippen LogP contribution in [-0.4, -0.2) is 15.8 Å². The molecule has 0 atom stereocenters. The van der Waals surface area contributed by atoms with Gasteiger partial charge in [-0.3, -0.25) is 9.36 Å². The Bertz CT molecular complexity index is 693. The topological polar surface area (TPSA) is 34.9 Å². The number of aromatic nitrogens is 2. The van der Waals surface area contributed by atoms with E-state index in [-0.39, 0.29) is 0 Å². The normalized spacial score (nSPS) is 10.7. The summed E-state index contributed by atoms with van der Waals surface area (Å²) in [5.74, 6) is 0. The summed E-state index contributed by atoms with van der Waals surface area (Å²) in [6.45, 7) is 2.08. The van der Waals surface area contributed by atoms with Crippen molar-refractivity contribution in [2.24, 2.45) is 0 Å². The average Bonchev–Trinajstić information content (AvgIpc) is 3.07. The van der Waals surface area contributed by atoms with E-state index in [4.69, 9.17) is 0 Å². The van der Waals surface area contributed by atoms with Crippen molar-refractivity contribution in [3.63, 3.8) is 0 Å². The molecule has 0 aromatic carbocycles. The summed E-state index contributed by atoms with van der Waals surface area (Å²) in [7, 11) is 0. The number of carbonyl (C=O) groups excluding carboxylic acids is 1. The molecular formula is C13H10N2OS2. The zero-order valence-corrected chi connectivity index (χ0v) is 11.3. The Morgan fingerprint density at radius 3 is 2.94 bits per heavy atom. The van der Waals surface area contributed by atoms with Crippen LogP contribution in [0.1, 0.15) is 15.4 Å². The Kier molecular flexibility index (Phi) is 2.85. The lowest BCUT2D eigenvalue weighted by atomic mass is 10.4. The molecule has 0 bridgehead atoms. The van der Waals surface area contributed by atoms with Crippen LogP contribution in [0.4, 0.5) is 0 Å². The maximum atomic E-state index is 10.9. The third-order valence-electron chi connectivity index (χ3n) is 2.59. The van der Waals surface area contributed by atoms with Gasteiger partial charge in [-0.25, -0.2) is 4.98 Å². The quantitative estimate of drug-likeness (QED) is 0.681. The van der Waals surface area contributed by atoms with E-state index >= 15 is 0 Å². The van der Waals surface area contributed by atoms with Crippen LogP contribution in [0.3, 0.4) is 0 Å². The van der Waals surface area contributed by atoms with Crippen LogP contribution in [-0.2, 0) is 0 Å². The van der Waals surface area contributed by atoms with Crippen LogP contribution in [0.25, 0.3) is 15.7 Å². The molecule has 0 aliphatic heterocycles. The zero-order chi connectivity index (χ0) is 12.5. The van der Waals surface area contributed by atoms with Gasteiger partial charge in [-0.15, -0.1) is 22.7 Å². The number of thiophene rings is 1. The first kappa shape index (κ1) is 11.4. The summed E-state index contributed by atoms with van der Waals surface area (Å²) in [4.78, 5) is 17.9. The monoisotopic (exact) mass is 274 g/mol. The number of nitrogens with zero attached hydrogens (tertiary/aromatic N) is 2. The second-order valence-corrected chi connectivity index (χ2v) is 5.97. The van der Waals surface area contributed by atoms with Crippen molar-refractivity contribution < 1.29 is 4.79 Å². The van der Waals surface area contributed by atoms with Crippen molar-refractivity contribution >= 4 is 29.0 Å². The van der Waals surface area contributed by atoms with Crippen molar-refractivity contribution in [1.29, 1.82) is 0 Å². The fourth-order valence-electron chi connectivity index (χ4n) is 1.72. The average molecular weight is 274 g/mol. The number of carbonyl (C=O) groups is 1. The highest BCUT2D eigenvalue weighted by molar-refractivity contribution is 7.16. The van der Waals surface area contributed by atoms with Crippen molar-refractivity contribution in [2.45, 2.75) is 6.92 Å². The van der Waals surface area contributed by atoms with Crippen LogP contribution in [0.15, 0.2) is 35.8 Å². The summed E-state index contributed by atoms with van der Waals surface area (Å²) in [5.41, 5.74) is 1.59. The SMILES string of the molecule is Cc1ccc(-c2csc(-n3cccc3C=O)n2)s1. The minimum atomic E-state index is 0.623. The fraction of sp³-hybridized carbons (Fsp3) is 0.0769. The molecule has 0 fully saturated rings. The van der Waals surface area contributed by atoms with Gasteiger partial charge in [0.05, 0.1) is 16.3 Å². The van der Waals surface area contributed by atoms with E-state index in [0.29, 0.717) is 5.69 Å². The molecule has 3 rings (SSSR count). The van der Waals surface area contributed by atoms with Gasteiger partial charge in [0.1, 0.15) is 0 Å². The molecule has 3 aromatic heterocycles. The van der Waals surface area contributed by atoms with Crippen LogP contribution < -0.4 is 0 Å². The van der Waals surface area contributed by atoms with Crippen LogP contribution >= 0.6 is 22.7 Å². The molecule has 0 amide bonds. The van der Waals surface area contributed by atoms with Crippen molar-refractivity contribution in [3.05, 3.63) is 46.4 Å². The third-order valence-corrected chi connectivity index (χ3v) is 4.46. The first-order valence-electron chi connectivity index (χ1n) is 5.43. The molecule has 3 heterocycles. The van der Waals surface area contributed by atoms with E-state index in [9.17, 15) is 4.79 Å². The Morgan fingerprint density at radius 2 is 2.22 bits per heavy atom. The van der Waals surface area contributed by atoms with Gasteiger partial charge in [0.15, 0.2) is 11.4 Å². The summed E-state index contributed by atoms with van der Waals surface area (Å²) in [6, 6.07) is 7.80. The molecule has 3 aromatic rings. The first-order valence-corrected chi connectivity index (χ1v) is 7.13. The molecular weight excluding hydrogens is 264 g/mol.